The van der Waals surface area contributed by atoms with Crippen molar-refractivity contribution >= 4 is 15.9 Å². The Morgan fingerprint density at radius 2 is 1.59 bits per heavy atom. The number of amides is 1. The predicted octanol–water partition coefficient (Wildman–Crippen LogP) is 4.59. The lowest BCUT2D eigenvalue weighted by atomic mass is 10.1. The second-order valence-electron chi connectivity index (χ2n) is 7.72. The van der Waals surface area contributed by atoms with E-state index in [4.69, 9.17) is 4.74 Å². The minimum absolute atomic E-state index is 0.0895. The van der Waals surface area contributed by atoms with Crippen molar-refractivity contribution in [2.75, 3.05) is 6.54 Å². The lowest BCUT2D eigenvalue weighted by molar-refractivity contribution is 0.0224. The van der Waals surface area contributed by atoms with Crippen LogP contribution in [0.5, 0.6) is 0 Å². The van der Waals surface area contributed by atoms with E-state index in [1.807, 2.05) is 20.8 Å². The van der Waals surface area contributed by atoms with Crippen molar-refractivity contribution in [1.82, 2.24) is 4.90 Å². The first kappa shape index (κ1) is 19.4. The Labute approximate surface area is 160 Å². The molecule has 144 valence electrons. The summed E-state index contributed by atoms with van der Waals surface area (Å²) in [7, 11) is -3.54. The zero-order chi connectivity index (χ0) is 19.7. The standard InChI is InChI=1S/C21H25NO4S/c1-21(2,3)26-20(23)22-15-7-10-19(22)16-11-13-18(14-12-16)27(24,25)17-8-5-4-6-9-17/h4-6,8-9,11-14,19H,7,10,15H2,1-3H3/t19-/m0/s1. The van der Waals surface area contributed by atoms with Crippen LogP contribution in [0.25, 0.3) is 0 Å². The first-order valence-electron chi connectivity index (χ1n) is 9.08. The van der Waals surface area contributed by atoms with Crippen molar-refractivity contribution in [3.8, 4) is 0 Å². The highest BCUT2D eigenvalue weighted by molar-refractivity contribution is 7.91. The molecule has 0 spiro atoms. The molecule has 0 saturated carbocycles. The molecule has 0 radical (unpaired) electrons. The maximum Gasteiger partial charge on any atom is 0.410 e. The van der Waals surface area contributed by atoms with E-state index in [1.165, 1.54) is 0 Å². The number of ether oxygens (including phenoxy) is 1. The van der Waals surface area contributed by atoms with Gasteiger partial charge in [0.2, 0.25) is 9.84 Å². The highest BCUT2D eigenvalue weighted by Gasteiger charge is 2.33. The largest absolute Gasteiger partial charge is 0.444 e. The molecule has 0 unspecified atom stereocenters. The van der Waals surface area contributed by atoms with E-state index in [2.05, 4.69) is 0 Å². The number of hydrogen-bond donors (Lipinski definition) is 0. The molecule has 1 heterocycles. The van der Waals surface area contributed by atoms with E-state index in [1.54, 1.807) is 59.5 Å². The molecule has 1 aliphatic rings. The van der Waals surface area contributed by atoms with Crippen LogP contribution in [0.2, 0.25) is 0 Å². The van der Waals surface area contributed by atoms with Gasteiger partial charge in [0, 0.05) is 6.54 Å². The molecular formula is C21H25NO4S. The van der Waals surface area contributed by atoms with Gasteiger partial charge in [-0.25, -0.2) is 13.2 Å². The summed E-state index contributed by atoms with van der Waals surface area (Å²) in [6, 6.07) is 15.1. The molecule has 1 atom stereocenters. The number of sulfone groups is 1. The Morgan fingerprint density at radius 3 is 2.19 bits per heavy atom. The monoisotopic (exact) mass is 387 g/mol. The van der Waals surface area contributed by atoms with Crippen LogP contribution in [0.1, 0.15) is 45.2 Å². The summed E-state index contributed by atoms with van der Waals surface area (Å²) in [5, 5.41) is 0. The lowest BCUT2D eigenvalue weighted by Gasteiger charge is -2.29. The van der Waals surface area contributed by atoms with Crippen LogP contribution in [-0.2, 0) is 14.6 Å². The van der Waals surface area contributed by atoms with Crippen LogP contribution >= 0.6 is 0 Å². The number of carbonyl (C=O) groups is 1. The molecule has 2 aromatic carbocycles. The van der Waals surface area contributed by atoms with Gasteiger partial charge >= 0.3 is 6.09 Å². The molecule has 6 heteroatoms. The number of benzene rings is 2. The summed E-state index contributed by atoms with van der Waals surface area (Å²) in [5.41, 5.74) is 0.378. The van der Waals surface area contributed by atoms with Crippen LogP contribution < -0.4 is 0 Å². The van der Waals surface area contributed by atoms with Crippen LogP contribution in [0, 0.1) is 0 Å². The van der Waals surface area contributed by atoms with Crippen molar-refractivity contribution in [3.05, 3.63) is 60.2 Å². The van der Waals surface area contributed by atoms with Crippen molar-refractivity contribution in [2.24, 2.45) is 0 Å². The second-order valence-corrected chi connectivity index (χ2v) is 9.67. The van der Waals surface area contributed by atoms with E-state index in [0.717, 1.165) is 18.4 Å². The molecule has 27 heavy (non-hydrogen) atoms. The summed E-state index contributed by atoms with van der Waals surface area (Å²) >= 11 is 0. The van der Waals surface area contributed by atoms with Gasteiger partial charge in [0.1, 0.15) is 5.60 Å². The van der Waals surface area contributed by atoms with E-state index < -0.39 is 15.4 Å². The topological polar surface area (TPSA) is 63.7 Å². The Bertz CT molecular complexity index is 899. The molecule has 1 fully saturated rings. The van der Waals surface area contributed by atoms with Crippen molar-refractivity contribution in [1.29, 1.82) is 0 Å². The van der Waals surface area contributed by atoms with Crippen molar-refractivity contribution < 1.29 is 17.9 Å². The third-order valence-electron chi connectivity index (χ3n) is 4.51. The van der Waals surface area contributed by atoms with Gasteiger partial charge in [-0.3, -0.25) is 0 Å². The third kappa shape index (κ3) is 4.33. The number of rotatable bonds is 3. The zero-order valence-electron chi connectivity index (χ0n) is 15.9. The molecule has 1 amide bonds. The summed E-state index contributed by atoms with van der Waals surface area (Å²) in [4.78, 5) is 14.7. The lowest BCUT2D eigenvalue weighted by Crippen LogP contribution is -2.36. The van der Waals surface area contributed by atoms with Gasteiger partial charge in [-0.05, 0) is 63.4 Å². The Kier molecular flexibility index (Phi) is 5.29. The number of likely N-dealkylation sites (tertiary alicyclic amines) is 1. The van der Waals surface area contributed by atoms with Gasteiger partial charge in [-0.1, -0.05) is 30.3 Å². The van der Waals surface area contributed by atoms with Gasteiger partial charge in [-0.2, -0.15) is 0 Å². The maximum absolute atomic E-state index is 12.7. The molecule has 0 bridgehead atoms. The van der Waals surface area contributed by atoms with Crippen LogP contribution in [0.15, 0.2) is 64.4 Å². The second kappa shape index (κ2) is 7.35. The predicted molar refractivity (Wildman–Crippen MR) is 103 cm³/mol. The average Bonchev–Trinajstić information content (AvgIpc) is 3.11. The summed E-state index contributed by atoms with van der Waals surface area (Å²) in [6.07, 6.45) is 1.41. The Balaban J connectivity index is 1.82. The SMILES string of the molecule is CC(C)(C)OC(=O)N1CCC[C@H]1c1ccc(S(=O)(=O)c2ccccc2)cc1. The van der Waals surface area contributed by atoms with Gasteiger partial charge in [-0.15, -0.1) is 0 Å². The first-order chi connectivity index (χ1) is 12.7. The fourth-order valence-electron chi connectivity index (χ4n) is 3.26. The first-order valence-corrected chi connectivity index (χ1v) is 10.6. The van der Waals surface area contributed by atoms with Crippen LogP contribution in [0.4, 0.5) is 4.79 Å². The normalized spacial score (nSPS) is 17.7. The quantitative estimate of drug-likeness (QED) is 0.773. The molecule has 1 aliphatic heterocycles. The third-order valence-corrected chi connectivity index (χ3v) is 6.30. The Morgan fingerprint density at radius 1 is 1.00 bits per heavy atom. The molecule has 1 saturated heterocycles. The summed E-state index contributed by atoms with van der Waals surface area (Å²) in [5.74, 6) is 0. The van der Waals surface area contributed by atoms with Gasteiger partial charge in [0.05, 0.1) is 15.8 Å². The van der Waals surface area contributed by atoms with Gasteiger partial charge in [0.25, 0.3) is 0 Å². The number of nitrogens with zero attached hydrogens (tertiary/aromatic N) is 1. The molecule has 2 aromatic rings. The zero-order valence-corrected chi connectivity index (χ0v) is 16.7. The summed E-state index contributed by atoms with van der Waals surface area (Å²) in [6.45, 7) is 6.18. The molecule has 0 N–H and O–H groups in total. The maximum atomic E-state index is 12.7. The van der Waals surface area contributed by atoms with E-state index in [-0.39, 0.29) is 21.9 Å². The van der Waals surface area contributed by atoms with Crippen molar-refractivity contribution in [3.63, 3.8) is 0 Å². The smallest absolute Gasteiger partial charge is 0.410 e. The average molecular weight is 388 g/mol. The molecule has 0 aromatic heterocycles. The highest BCUT2D eigenvalue weighted by atomic mass is 32.2. The molecule has 0 aliphatic carbocycles. The number of carbonyl (C=O) groups excluding carboxylic acids is 1. The highest BCUT2D eigenvalue weighted by Crippen LogP contribution is 2.34. The fourth-order valence-corrected chi connectivity index (χ4v) is 4.54. The van der Waals surface area contributed by atoms with Crippen LogP contribution in [-0.4, -0.2) is 31.6 Å². The van der Waals surface area contributed by atoms with Crippen LogP contribution in [0.3, 0.4) is 0 Å². The van der Waals surface area contributed by atoms with E-state index >= 15 is 0 Å². The van der Waals surface area contributed by atoms with Gasteiger partial charge in [0.15, 0.2) is 0 Å². The molecular weight excluding hydrogens is 362 g/mol. The van der Waals surface area contributed by atoms with Crippen molar-refractivity contribution in [2.45, 2.75) is 55.0 Å². The minimum Gasteiger partial charge on any atom is -0.444 e. The summed E-state index contributed by atoms with van der Waals surface area (Å²) < 4.78 is 30.9. The van der Waals surface area contributed by atoms with E-state index in [0.29, 0.717) is 6.54 Å². The Hall–Kier alpha value is -2.34. The minimum atomic E-state index is -3.54. The van der Waals surface area contributed by atoms with Gasteiger partial charge < -0.3 is 9.64 Å². The molecule has 3 rings (SSSR count). The van der Waals surface area contributed by atoms with E-state index in [9.17, 15) is 13.2 Å². The number of hydrogen-bond acceptors (Lipinski definition) is 4. The molecule has 5 nitrogen and oxygen atoms in total. The fraction of sp³-hybridized carbons (Fsp3) is 0.381.